The van der Waals surface area contributed by atoms with E-state index in [2.05, 4.69) is 67.1 Å². The third-order valence-electron chi connectivity index (χ3n) is 4.09. The number of nitrogens with one attached hydrogen (secondary N) is 1. The molecule has 1 unspecified atom stereocenters. The molecule has 0 amide bonds. The molecule has 1 aliphatic heterocycles. The topological polar surface area (TPSA) is 29.9 Å². The van der Waals surface area contributed by atoms with E-state index in [0.29, 0.717) is 12.1 Å². The van der Waals surface area contributed by atoms with Gasteiger partial charge in [0.25, 0.3) is 0 Å². The quantitative estimate of drug-likeness (QED) is 0.889. The molecule has 1 N–H and O–H groups in total. The summed E-state index contributed by atoms with van der Waals surface area (Å²) >= 11 is 1.96. The maximum Gasteiger partial charge on any atom is 0.0828 e. The standard InChI is InChI=1S/C17H23N3S/c1-11(2)20-13(4)17(12(3)19-20)18-15-9-10-21-16-8-6-5-7-14(15)16/h5-8,11,15,18H,9-10H2,1-4H3. The Balaban J connectivity index is 1.92. The summed E-state index contributed by atoms with van der Waals surface area (Å²) in [4.78, 5) is 1.41. The Morgan fingerprint density at radius 2 is 2.05 bits per heavy atom. The molecule has 2 aromatic rings. The summed E-state index contributed by atoms with van der Waals surface area (Å²) in [5, 5.41) is 8.43. The predicted octanol–water partition coefficient (Wildman–Crippen LogP) is 4.73. The van der Waals surface area contributed by atoms with E-state index in [1.54, 1.807) is 0 Å². The number of benzene rings is 1. The summed E-state index contributed by atoms with van der Waals surface area (Å²) in [5.74, 6) is 1.17. The Hall–Kier alpha value is -1.42. The van der Waals surface area contributed by atoms with Gasteiger partial charge in [0.1, 0.15) is 0 Å². The largest absolute Gasteiger partial charge is 0.375 e. The lowest BCUT2D eigenvalue weighted by molar-refractivity contribution is 0.516. The number of anilines is 1. The normalized spacial score (nSPS) is 17.9. The van der Waals surface area contributed by atoms with Crippen LogP contribution in [0.5, 0.6) is 0 Å². The van der Waals surface area contributed by atoms with Crippen molar-refractivity contribution in [2.75, 3.05) is 11.1 Å². The van der Waals surface area contributed by atoms with Gasteiger partial charge in [-0.15, -0.1) is 11.8 Å². The van der Waals surface area contributed by atoms with Crippen LogP contribution in [0.2, 0.25) is 0 Å². The predicted molar refractivity (Wildman–Crippen MR) is 90.2 cm³/mol. The van der Waals surface area contributed by atoms with Gasteiger partial charge in [-0.05, 0) is 45.7 Å². The first kappa shape index (κ1) is 14.5. The lowest BCUT2D eigenvalue weighted by Gasteiger charge is -2.27. The highest BCUT2D eigenvalue weighted by Crippen LogP contribution is 2.38. The minimum Gasteiger partial charge on any atom is -0.375 e. The Morgan fingerprint density at radius 3 is 2.76 bits per heavy atom. The Labute approximate surface area is 131 Å². The van der Waals surface area contributed by atoms with E-state index < -0.39 is 0 Å². The maximum atomic E-state index is 4.68. The van der Waals surface area contributed by atoms with Crippen molar-refractivity contribution in [1.29, 1.82) is 0 Å². The van der Waals surface area contributed by atoms with Crippen LogP contribution in [0, 0.1) is 13.8 Å². The van der Waals surface area contributed by atoms with Gasteiger partial charge in [-0.1, -0.05) is 18.2 Å². The highest BCUT2D eigenvalue weighted by molar-refractivity contribution is 7.99. The molecule has 0 fully saturated rings. The second-order valence-electron chi connectivity index (χ2n) is 5.96. The van der Waals surface area contributed by atoms with Gasteiger partial charge in [0.05, 0.1) is 23.1 Å². The molecule has 3 nitrogen and oxygen atoms in total. The molecule has 1 aliphatic rings. The number of aryl methyl sites for hydroxylation is 1. The molecule has 0 spiro atoms. The van der Waals surface area contributed by atoms with Crippen molar-refractivity contribution >= 4 is 17.4 Å². The van der Waals surface area contributed by atoms with Gasteiger partial charge in [-0.3, -0.25) is 4.68 Å². The lowest BCUT2D eigenvalue weighted by Crippen LogP contribution is -2.17. The van der Waals surface area contributed by atoms with E-state index in [4.69, 9.17) is 0 Å². The zero-order chi connectivity index (χ0) is 15.0. The van der Waals surface area contributed by atoms with Crippen molar-refractivity contribution in [3.05, 3.63) is 41.2 Å². The van der Waals surface area contributed by atoms with Crippen LogP contribution in [0.3, 0.4) is 0 Å². The van der Waals surface area contributed by atoms with Gasteiger partial charge < -0.3 is 5.32 Å². The Bertz CT molecular complexity index is 645. The van der Waals surface area contributed by atoms with E-state index in [9.17, 15) is 0 Å². The second-order valence-corrected chi connectivity index (χ2v) is 7.09. The number of thioether (sulfide) groups is 1. The molecule has 1 atom stereocenters. The SMILES string of the molecule is Cc1nn(C(C)C)c(C)c1NC1CCSc2ccccc21. The summed E-state index contributed by atoms with van der Waals surface area (Å²) in [6.45, 7) is 8.61. The molecular formula is C17H23N3S. The molecular weight excluding hydrogens is 278 g/mol. The first-order valence-electron chi connectivity index (χ1n) is 7.62. The third-order valence-corrected chi connectivity index (χ3v) is 5.21. The van der Waals surface area contributed by atoms with Crippen molar-refractivity contribution in [2.45, 2.75) is 51.1 Å². The molecule has 0 aliphatic carbocycles. The van der Waals surface area contributed by atoms with E-state index in [1.165, 1.54) is 27.6 Å². The summed E-state index contributed by atoms with van der Waals surface area (Å²) < 4.78 is 2.11. The molecule has 0 radical (unpaired) electrons. The van der Waals surface area contributed by atoms with Crippen LogP contribution in [0.25, 0.3) is 0 Å². The van der Waals surface area contributed by atoms with Gasteiger partial charge in [0.15, 0.2) is 0 Å². The van der Waals surface area contributed by atoms with E-state index in [0.717, 1.165) is 12.1 Å². The Kier molecular flexibility index (Phi) is 3.98. The maximum absolute atomic E-state index is 4.68. The van der Waals surface area contributed by atoms with Crippen molar-refractivity contribution in [2.24, 2.45) is 0 Å². The Morgan fingerprint density at radius 1 is 1.29 bits per heavy atom. The number of fused-ring (bicyclic) bond motifs is 1. The van der Waals surface area contributed by atoms with Crippen LogP contribution >= 0.6 is 11.8 Å². The molecule has 112 valence electrons. The first-order chi connectivity index (χ1) is 10.1. The fourth-order valence-corrected chi connectivity index (χ4v) is 4.17. The average molecular weight is 301 g/mol. The summed E-state index contributed by atoms with van der Waals surface area (Å²) in [5.41, 5.74) is 4.95. The van der Waals surface area contributed by atoms with Crippen molar-refractivity contribution in [1.82, 2.24) is 9.78 Å². The molecule has 0 saturated carbocycles. The van der Waals surface area contributed by atoms with E-state index in [-0.39, 0.29) is 0 Å². The van der Waals surface area contributed by atoms with Gasteiger partial charge in [-0.25, -0.2) is 0 Å². The zero-order valence-corrected chi connectivity index (χ0v) is 14.0. The number of nitrogens with zero attached hydrogens (tertiary/aromatic N) is 2. The minimum absolute atomic E-state index is 0.393. The smallest absolute Gasteiger partial charge is 0.0828 e. The lowest BCUT2D eigenvalue weighted by atomic mass is 10.0. The van der Waals surface area contributed by atoms with Crippen LogP contribution < -0.4 is 5.32 Å². The van der Waals surface area contributed by atoms with Crippen molar-refractivity contribution in [3.8, 4) is 0 Å². The monoisotopic (exact) mass is 301 g/mol. The van der Waals surface area contributed by atoms with Crippen molar-refractivity contribution < 1.29 is 0 Å². The van der Waals surface area contributed by atoms with Crippen LogP contribution in [0.15, 0.2) is 29.2 Å². The van der Waals surface area contributed by atoms with E-state index in [1.807, 2.05) is 11.8 Å². The van der Waals surface area contributed by atoms with Gasteiger partial charge >= 0.3 is 0 Å². The molecule has 0 saturated heterocycles. The van der Waals surface area contributed by atoms with Gasteiger partial charge in [0, 0.05) is 16.7 Å². The fraction of sp³-hybridized carbons (Fsp3) is 0.471. The van der Waals surface area contributed by atoms with Crippen molar-refractivity contribution in [3.63, 3.8) is 0 Å². The second kappa shape index (κ2) is 5.76. The zero-order valence-electron chi connectivity index (χ0n) is 13.2. The molecule has 3 rings (SSSR count). The van der Waals surface area contributed by atoms with Crippen LogP contribution in [0.1, 0.15) is 49.3 Å². The van der Waals surface area contributed by atoms with Gasteiger partial charge in [-0.2, -0.15) is 5.10 Å². The molecule has 21 heavy (non-hydrogen) atoms. The number of aromatic nitrogens is 2. The molecule has 1 aromatic heterocycles. The number of hydrogen-bond acceptors (Lipinski definition) is 3. The summed E-state index contributed by atoms with van der Waals surface area (Å²) in [6, 6.07) is 9.53. The number of rotatable bonds is 3. The highest BCUT2D eigenvalue weighted by Gasteiger charge is 2.23. The molecule has 4 heteroatoms. The average Bonchev–Trinajstić information content (AvgIpc) is 2.76. The minimum atomic E-state index is 0.393. The van der Waals surface area contributed by atoms with Crippen LogP contribution in [0.4, 0.5) is 5.69 Å². The first-order valence-corrected chi connectivity index (χ1v) is 8.60. The third kappa shape index (κ3) is 2.69. The van der Waals surface area contributed by atoms with Gasteiger partial charge in [0.2, 0.25) is 0 Å². The number of hydrogen-bond donors (Lipinski definition) is 1. The molecule has 0 bridgehead atoms. The summed E-state index contributed by atoms with van der Waals surface area (Å²) in [6.07, 6.45) is 1.16. The highest BCUT2D eigenvalue weighted by atomic mass is 32.2. The van der Waals surface area contributed by atoms with E-state index >= 15 is 0 Å². The van der Waals surface area contributed by atoms with Crippen LogP contribution in [-0.2, 0) is 0 Å². The molecule has 2 heterocycles. The molecule has 1 aromatic carbocycles. The van der Waals surface area contributed by atoms with Crippen LogP contribution in [-0.4, -0.2) is 15.5 Å². The summed E-state index contributed by atoms with van der Waals surface area (Å²) in [7, 11) is 0. The fourth-order valence-electron chi connectivity index (χ4n) is 3.04.